The average molecular weight is 246 g/mol. The summed E-state index contributed by atoms with van der Waals surface area (Å²) in [7, 11) is 0. The first-order chi connectivity index (χ1) is 8.81. The molecule has 0 aliphatic carbocycles. The molecule has 3 nitrogen and oxygen atoms in total. The van der Waals surface area contributed by atoms with Crippen LogP contribution >= 0.6 is 0 Å². The zero-order valence-corrected chi connectivity index (χ0v) is 11.1. The Labute approximate surface area is 109 Å². The van der Waals surface area contributed by atoms with Crippen molar-refractivity contribution >= 4 is 0 Å². The molecule has 18 heavy (non-hydrogen) atoms. The molecule has 2 rings (SSSR count). The van der Waals surface area contributed by atoms with Crippen molar-refractivity contribution in [2.75, 3.05) is 26.2 Å². The monoisotopic (exact) mass is 246 g/mol. The summed E-state index contributed by atoms with van der Waals surface area (Å²) in [5.41, 5.74) is 1.28. The summed E-state index contributed by atoms with van der Waals surface area (Å²) in [6.07, 6.45) is 1.90. The van der Waals surface area contributed by atoms with Crippen LogP contribution in [-0.4, -0.2) is 37.2 Å². The van der Waals surface area contributed by atoms with Gasteiger partial charge in [0.1, 0.15) is 12.4 Å². The van der Waals surface area contributed by atoms with Crippen LogP contribution < -0.4 is 10.1 Å². The van der Waals surface area contributed by atoms with Crippen LogP contribution in [0, 0.1) is 0 Å². The Hall–Kier alpha value is -1.32. The van der Waals surface area contributed by atoms with Crippen LogP contribution in [-0.2, 0) is 6.54 Å². The zero-order valence-electron chi connectivity index (χ0n) is 11.1. The molecule has 0 saturated carbocycles. The third-order valence-electron chi connectivity index (χ3n) is 3.33. The van der Waals surface area contributed by atoms with E-state index in [-0.39, 0.29) is 0 Å². The number of rotatable bonds is 5. The van der Waals surface area contributed by atoms with Crippen molar-refractivity contribution < 1.29 is 4.74 Å². The molecule has 1 N–H and O–H groups in total. The van der Waals surface area contributed by atoms with E-state index in [1.165, 1.54) is 5.56 Å². The maximum atomic E-state index is 5.78. The highest BCUT2D eigenvalue weighted by molar-refractivity contribution is 5.33. The molecule has 0 spiro atoms. The Morgan fingerprint density at radius 1 is 1.50 bits per heavy atom. The van der Waals surface area contributed by atoms with Gasteiger partial charge in [-0.05, 0) is 13.0 Å². The van der Waals surface area contributed by atoms with E-state index < -0.39 is 0 Å². The predicted octanol–water partition coefficient (Wildman–Crippen LogP) is 2.05. The summed E-state index contributed by atoms with van der Waals surface area (Å²) in [4.78, 5) is 2.46. The molecule has 0 radical (unpaired) electrons. The van der Waals surface area contributed by atoms with Crippen LogP contribution in [0.3, 0.4) is 0 Å². The molecule has 1 aromatic rings. The highest BCUT2D eigenvalue weighted by Crippen LogP contribution is 2.23. The van der Waals surface area contributed by atoms with Gasteiger partial charge in [-0.1, -0.05) is 24.3 Å². The maximum Gasteiger partial charge on any atom is 0.123 e. The number of ether oxygens (including phenoxy) is 1. The van der Waals surface area contributed by atoms with E-state index in [1.54, 1.807) is 0 Å². The summed E-state index contributed by atoms with van der Waals surface area (Å²) in [6, 6.07) is 8.81. The lowest BCUT2D eigenvalue weighted by Gasteiger charge is -2.27. The maximum absolute atomic E-state index is 5.78. The minimum absolute atomic E-state index is 0.500. The molecule has 0 fully saturated rings. The van der Waals surface area contributed by atoms with E-state index in [0.717, 1.165) is 38.5 Å². The number of benzene rings is 1. The SMILES string of the molecule is C=CCNCC(C)N1CCOc2ccccc2C1. The Morgan fingerprint density at radius 3 is 3.17 bits per heavy atom. The van der Waals surface area contributed by atoms with Gasteiger partial charge >= 0.3 is 0 Å². The van der Waals surface area contributed by atoms with Crippen molar-refractivity contribution in [2.45, 2.75) is 19.5 Å². The van der Waals surface area contributed by atoms with Crippen LogP contribution in [0.15, 0.2) is 36.9 Å². The molecule has 1 heterocycles. The Balaban J connectivity index is 1.96. The molecule has 3 heteroatoms. The van der Waals surface area contributed by atoms with Gasteiger partial charge in [0.05, 0.1) is 0 Å². The van der Waals surface area contributed by atoms with E-state index in [2.05, 4.69) is 41.9 Å². The summed E-state index contributed by atoms with van der Waals surface area (Å²) in [5, 5.41) is 3.38. The molecule has 98 valence electrons. The van der Waals surface area contributed by atoms with Gasteiger partial charge in [0.15, 0.2) is 0 Å². The number of hydrogen-bond acceptors (Lipinski definition) is 3. The van der Waals surface area contributed by atoms with Crippen LogP contribution in [0.4, 0.5) is 0 Å². The van der Waals surface area contributed by atoms with Crippen molar-refractivity contribution in [3.8, 4) is 5.75 Å². The van der Waals surface area contributed by atoms with Crippen LogP contribution in [0.25, 0.3) is 0 Å². The van der Waals surface area contributed by atoms with Gasteiger partial charge in [-0.15, -0.1) is 6.58 Å². The van der Waals surface area contributed by atoms with E-state index in [4.69, 9.17) is 4.74 Å². The van der Waals surface area contributed by atoms with Crippen molar-refractivity contribution in [1.82, 2.24) is 10.2 Å². The minimum Gasteiger partial charge on any atom is -0.492 e. The van der Waals surface area contributed by atoms with Gasteiger partial charge in [0.25, 0.3) is 0 Å². The van der Waals surface area contributed by atoms with E-state index >= 15 is 0 Å². The van der Waals surface area contributed by atoms with Gasteiger partial charge < -0.3 is 10.1 Å². The quantitative estimate of drug-likeness (QED) is 0.635. The summed E-state index contributed by atoms with van der Waals surface area (Å²) in [6.45, 7) is 10.5. The number of fused-ring (bicyclic) bond motifs is 1. The van der Waals surface area contributed by atoms with E-state index in [1.807, 2.05) is 12.1 Å². The number of para-hydroxylation sites is 1. The molecule has 1 aliphatic heterocycles. The van der Waals surface area contributed by atoms with Crippen molar-refractivity contribution in [1.29, 1.82) is 0 Å². The van der Waals surface area contributed by atoms with E-state index in [0.29, 0.717) is 6.04 Å². The van der Waals surface area contributed by atoms with Crippen LogP contribution in [0.2, 0.25) is 0 Å². The first-order valence-electron chi connectivity index (χ1n) is 6.57. The number of nitrogens with one attached hydrogen (secondary N) is 1. The van der Waals surface area contributed by atoms with E-state index in [9.17, 15) is 0 Å². The molecule has 1 aromatic carbocycles. The minimum atomic E-state index is 0.500. The normalized spacial score (nSPS) is 17.4. The Morgan fingerprint density at radius 2 is 2.33 bits per heavy atom. The smallest absolute Gasteiger partial charge is 0.123 e. The lowest BCUT2D eigenvalue weighted by atomic mass is 10.1. The lowest BCUT2D eigenvalue weighted by Crippen LogP contribution is -2.41. The topological polar surface area (TPSA) is 24.5 Å². The largest absolute Gasteiger partial charge is 0.492 e. The Bertz CT molecular complexity index is 392. The van der Waals surface area contributed by atoms with Gasteiger partial charge in [0, 0.05) is 37.8 Å². The lowest BCUT2D eigenvalue weighted by molar-refractivity contribution is 0.176. The summed E-state index contributed by atoms with van der Waals surface area (Å²) >= 11 is 0. The average Bonchev–Trinajstić information content (AvgIpc) is 2.61. The molecule has 1 atom stereocenters. The molecule has 0 saturated heterocycles. The second kappa shape index (κ2) is 6.57. The third-order valence-corrected chi connectivity index (χ3v) is 3.33. The van der Waals surface area contributed by atoms with Gasteiger partial charge in [-0.2, -0.15) is 0 Å². The highest BCUT2D eigenvalue weighted by Gasteiger charge is 2.18. The molecule has 1 unspecified atom stereocenters. The fourth-order valence-electron chi connectivity index (χ4n) is 2.25. The van der Waals surface area contributed by atoms with Gasteiger partial charge in [-0.25, -0.2) is 0 Å². The van der Waals surface area contributed by atoms with Gasteiger partial charge in [-0.3, -0.25) is 4.90 Å². The first kappa shape index (κ1) is 13.1. The third kappa shape index (κ3) is 3.34. The van der Waals surface area contributed by atoms with Crippen molar-refractivity contribution in [3.05, 3.63) is 42.5 Å². The fourth-order valence-corrected chi connectivity index (χ4v) is 2.25. The highest BCUT2D eigenvalue weighted by atomic mass is 16.5. The number of nitrogens with zero attached hydrogens (tertiary/aromatic N) is 1. The molecular formula is C15H22N2O. The fraction of sp³-hybridized carbons (Fsp3) is 0.467. The molecular weight excluding hydrogens is 224 g/mol. The number of hydrogen-bond donors (Lipinski definition) is 1. The molecule has 0 bridgehead atoms. The summed E-state index contributed by atoms with van der Waals surface area (Å²) in [5.74, 6) is 1.03. The Kier molecular flexibility index (Phi) is 4.79. The zero-order chi connectivity index (χ0) is 12.8. The van der Waals surface area contributed by atoms with Crippen molar-refractivity contribution in [3.63, 3.8) is 0 Å². The second-order valence-corrected chi connectivity index (χ2v) is 4.72. The second-order valence-electron chi connectivity index (χ2n) is 4.72. The standard InChI is InChI=1S/C15H22N2O/c1-3-8-16-11-13(2)17-9-10-18-15-7-5-4-6-14(15)12-17/h3-7,13,16H,1,8-12H2,2H3. The predicted molar refractivity (Wildman–Crippen MR) is 74.9 cm³/mol. The van der Waals surface area contributed by atoms with Gasteiger partial charge in [0.2, 0.25) is 0 Å². The van der Waals surface area contributed by atoms with Crippen molar-refractivity contribution in [2.24, 2.45) is 0 Å². The van der Waals surface area contributed by atoms with Crippen LogP contribution in [0.5, 0.6) is 5.75 Å². The summed E-state index contributed by atoms with van der Waals surface area (Å²) < 4.78 is 5.78. The molecule has 0 aromatic heterocycles. The molecule has 0 amide bonds. The molecule has 1 aliphatic rings. The van der Waals surface area contributed by atoms with Crippen LogP contribution in [0.1, 0.15) is 12.5 Å². The first-order valence-corrected chi connectivity index (χ1v) is 6.57.